The van der Waals surface area contributed by atoms with Crippen LogP contribution in [0.4, 0.5) is 10.4 Å². The van der Waals surface area contributed by atoms with E-state index in [1.165, 1.54) is 18.2 Å². The Kier molecular flexibility index (Phi) is 3.84. The summed E-state index contributed by atoms with van der Waals surface area (Å²) >= 11 is 5.93. The van der Waals surface area contributed by atoms with Gasteiger partial charge in [0.05, 0.1) is 10.6 Å². The van der Waals surface area contributed by atoms with Crippen LogP contribution in [-0.2, 0) is 0 Å². The van der Waals surface area contributed by atoms with Gasteiger partial charge in [0.15, 0.2) is 0 Å². The summed E-state index contributed by atoms with van der Waals surface area (Å²) in [6, 6.07) is 12.2. The summed E-state index contributed by atoms with van der Waals surface area (Å²) in [6.07, 6.45) is 0. The molecule has 0 aliphatic heterocycles. The number of hydrogen-bond acceptors (Lipinski definition) is 4. The molecule has 22 heavy (non-hydrogen) atoms. The predicted molar refractivity (Wildman–Crippen MR) is 79.1 cm³/mol. The fourth-order valence-corrected chi connectivity index (χ4v) is 2.04. The van der Waals surface area contributed by atoms with Gasteiger partial charge in [0.25, 0.3) is 5.91 Å². The quantitative estimate of drug-likeness (QED) is 0.798. The molecule has 1 N–H and O–H groups in total. The van der Waals surface area contributed by atoms with Crippen molar-refractivity contribution >= 4 is 23.5 Å². The Labute approximate surface area is 129 Å². The number of hydrogen-bond donors (Lipinski definition) is 1. The summed E-state index contributed by atoms with van der Waals surface area (Å²) in [4.78, 5) is 12.1. The normalized spacial score (nSPS) is 10.5. The van der Waals surface area contributed by atoms with Crippen LogP contribution >= 0.6 is 11.6 Å². The molecule has 1 aromatic heterocycles. The first-order valence-electron chi connectivity index (χ1n) is 6.29. The van der Waals surface area contributed by atoms with Crippen molar-refractivity contribution in [2.24, 2.45) is 0 Å². The van der Waals surface area contributed by atoms with Gasteiger partial charge in [-0.2, -0.15) is 0 Å². The van der Waals surface area contributed by atoms with Crippen LogP contribution < -0.4 is 5.32 Å². The van der Waals surface area contributed by atoms with Crippen molar-refractivity contribution in [3.05, 3.63) is 64.9 Å². The minimum absolute atomic E-state index is 0.0934. The summed E-state index contributed by atoms with van der Waals surface area (Å²) in [5, 5.41) is 10.2. The fourth-order valence-electron chi connectivity index (χ4n) is 1.82. The molecule has 7 heteroatoms. The highest BCUT2D eigenvalue weighted by molar-refractivity contribution is 6.34. The molecule has 0 atom stereocenters. The van der Waals surface area contributed by atoms with Crippen LogP contribution in [0.15, 0.2) is 52.9 Å². The molecular formula is C15H9ClFN3O2. The third-order valence-electron chi connectivity index (χ3n) is 2.84. The molecule has 5 nitrogen and oxygen atoms in total. The topological polar surface area (TPSA) is 68.0 Å². The zero-order valence-electron chi connectivity index (χ0n) is 11.1. The molecule has 3 aromatic rings. The minimum Gasteiger partial charge on any atom is -0.403 e. The largest absolute Gasteiger partial charge is 0.403 e. The molecule has 2 aromatic carbocycles. The second-order valence-electron chi connectivity index (χ2n) is 4.36. The molecule has 1 amide bonds. The smallest absolute Gasteiger partial charge is 0.322 e. The van der Waals surface area contributed by atoms with Gasteiger partial charge in [-0.1, -0.05) is 34.9 Å². The van der Waals surface area contributed by atoms with Crippen molar-refractivity contribution in [1.29, 1.82) is 0 Å². The van der Waals surface area contributed by atoms with Crippen molar-refractivity contribution in [3.63, 3.8) is 0 Å². The summed E-state index contributed by atoms with van der Waals surface area (Å²) < 4.78 is 18.5. The van der Waals surface area contributed by atoms with Crippen molar-refractivity contribution in [1.82, 2.24) is 10.2 Å². The van der Waals surface area contributed by atoms with E-state index in [0.29, 0.717) is 10.6 Å². The zero-order valence-corrected chi connectivity index (χ0v) is 11.8. The Morgan fingerprint density at radius 3 is 2.73 bits per heavy atom. The van der Waals surface area contributed by atoms with E-state index in [2.05, 4.69) is 15.5 Å². The number of carbonyl (C=O) groups excluding carboxylic acids is 1. The molecule has 110 valence electrons. The van der Waals surface area contributed by atoms with E-state index in [1.807, 2.05) is 0 Å². The van der Waals surface area contributed by atoms with Crippen LogP contribution in [-0.4, -0.2) is 16.1 Å². The van der Waals surface area contributed by atoms with Crippen LogP contribution in [0.25, 0.3) is 11.5 Å². The number of aromatic nitrogens is 2. The maximum absolute atomic E-state index is 13.2. The van der Waals surface area contributed by atoms with E-state index in [1.54, 1.807) is 30.3 Å². The average Bonchev–Trinajstić information content (AvgIpc) is 2.96. The summed E-state index contributed by atoms with van der Waals surface area (Å²) in [6.45, 7) is 0. The second-order valence-corrected chi connectivity index (χ2v) is 4.76. The lowest BCUT2D eigenvalue weighted by molar-refractivity contribution is 0.102. The summed E-state index contributed by atoms with van der Waals surface area (Å²) in [5.41, 5.74) is 0.709. The van der Waals surface area contributed by atoms with Gasteiger partial charge in [-0.25, -0.2) is 4.39 Å². The highest BCUT2D eigenvalue weighted by Gasteiger charge is 2.14. The molecule has 0 radical (unpaired) electrons. The molecule has 0 bridgehead atoms. The van der Waals surface area contributed by atoms with E-state index < -0.39 is 11.7 Å². The molecule has 0 fully saturated rings. The maximum Gasteiger partial charge on any atom is 0.322 e. The standard InChI is InChI=1S/C15H9ClFN3O2/c16-12-7-2-1-6-11(12)13(21)18-15-20-19-14(22-15)9-4-3-5-10(17)8-9/h1-8H,(H,18,20,21). The van der Waals surface area contributed by atoms with Crippen molar-refractivity contribution in [3.8, 4) is 11.5 Å². The molecule has 0 aliphatic carbocycles. The lowest BCUT2D eigenvalue weighted by atomic mass is 10.2. The SMILES string of the molecule is O=C(Nc1nnc(-c2cccc(F)c2)o1)c1ccccc1Cl. The molecule has 1 heterocycles. The second kappa shape index (κ2) is 5.95. The number of rotatable bonds is 3. The van der Waals surface area contributed by atoms with Gasteiger partial charge in [-0.3, -0.25) is 10.1 Å². The molecule has 0 spiro atoms. The zero-order chi connectivity index (χ0) is 15.5. The molecule has 0 saturated carbocycles. The van der Waals surface area contributed by atoms with Gasteiger partial charge in [0.1, 0.15) is 5.82 Å². The van der Waals surface area contributed by atoms with Gasteiger partial charge in [-0.05, 0) is 30.3 Å². The first-order valence-corrected chi connectivity index (χ1v) is 6.66. The number of nitrogens with zero attached hydrogens (tertiary/aromatic N) is 2. The number of anilines is 1. The third-order valence-corrected chi connectivity index (χ3v) is 3.17. The lowest BCUT2D eigenvalue weighted by Crippen LogP contribution is -2.12. The van der Waals surface area contributed by atoms with Gasteiger partial charge in [-0.15, -0.1) is 5.10 Å². The molecular weight excluding hydrogens is 309 g/mol. The molecule has 3 rings (SSSR count). The van der Waals surface area contributed by atoms with Crippen LogP contribution in [0.3, 0.4) is 0 Å². The molecule has 0 unspecified atom stereocenters. The van der Waals surface area contributed by atoms with Crippen LogP contribution in [0, 0.1) is 5.82 Å². The van der Waals surface area contributed by atoms with Crippen LogP contribution in [0.2, 0.25) is 5.02 Å². The first kappa shape index (κ1) is 14.2. The lowest BCUT2D eigenvalue weighted by Gasteiger charge is -2.02. The van der Waals surface area contributed by atoms with Crippen molar-refractivity contribution in [2.75, 3.05) is 5.32 Å². The first-order chi connectivity index (χ1) is 10.6. The Morgan fingerprint density at radius 1 is 1.14 bits per heavy atom. The van der Waals surface area contributed by atoms with E-state index in [9.17, 15) is 9.18 Å². The Hall–Kier alpha value is -2.73. The van der Waals surface area contributed by atoms with Crippen LogP contribution in [0.1, 0.15) is 10.4 Å². The number of benzene rings is 2. The predicted octanol–water partition coefficient (Wildman–Crippen LogP) is 3.78. The van der Waals surface area contributed by atoms with Gasteiger partial charge in [0, 0.05) is 5.56 Å². The van der Waals surface area contributed by atoms with E-state index >= 15 is 0 Å². The van der Waals surface area contributed by atoms with Gasteiger partial charge in [0.2, 0.25) is 5.89 Å². The summed E-state index contributed by atoms with van der Waals surface area (Å²) in [5.74, 6) is -0.786. The average molecular weight is 318 g/mol. The number of halogens is 2. The van der Waals surface area contributed by atoms with Crippen molar-refractivity contribution in [2.45, 2.75) is 0 Å². The van der Waals surface area contributed by atoms with E-state index in [0.717, 1.165) is 0 Å². The molecule has 0 aliphatic rings. The number of nitrogens with one attached hydrogen (secondary N) is 1. The maximum atomic E-state index is 13.2. The Bertz CT molecular complexity index is 835. The molecule has 0 saturated heterocycles. The number of amides is 1. The highest BCUT2D eigenvalue weighted by atomic mass is 35.5. The Balaban J connectivity index is 1.80. The summed E-state index contributed by atoms with van der Waals surface area (Å²) in [7, 11) is 0. The minimum atomic E-state index is -0.472. The van der Waals surface area contributed by atoms with Crippen LogP contribution in [0.5, 0.6) is 0 Å². The van der Waals surface area contributed by atoms with Gasteiger partial charge < -0.3 is 4.42 Å². The monoisotopic (exact) mass is 317 g/mol. The number of carbonyl (C=O) groups is 1. The van der Waals surface area contributed by atoms with E-state index in [-0.39, 0.29) is 17.5 Å². The third kappa shape index (κ3) is 2.96. The highest BCUT2D eigenvalue weighted by Crippen LogP contribution is 2.21. The van der Waals surface area contributed by atoms with Gasteiger partial charge >= 0.3 is 6.01 Å². The van der Waals surface area contributed by atoms with Crippen molar-refractivity contribution < 1.29 is 13.6 Å². The Morgan fingerprint density at radius 2 is 1.95 bits per heavy atom. The fraction of sp³-hybridized carbons (Fsp3) is 0. The van der Waals surface area contributed by atoms with E-state index in [4.69, 9.17) is 16.0 Å².